The lowest BCUT2D eigenvalue weighted by Crippen LogP contribution is -2.76. The smallest absolute Gasteiger partial charge is 0.435 e. The van der Waals surface area contributed by atoms with Crippen molar-refractivity contribution >= 4 is 12.0 Å². The van der Waals surface area contributed by atoms with Crippen LogP contribution in [0.15, 0.2) is 0 Å². The van der Waals surface area contributed by atoms with E-state index in [1.54, 1.807) is 14.2 Å². The second-order valence-electron chi connectivity index (χ2n) is 9.34. The zero-order chi connectivity index (χ0) is 27.3. The number of amidine groups is 2. The van der Waals surface area contributed by atoms with Gasteiger partial charge in [-0.3, -0.25) is 11.5 Å². The number of unbranched alkanes of at least 4 members (excludes halogenated alkanes) is 6. The molecule has 0 amide bonds. The predicted molar refractivity (Wildman–Crippen MR) is 153 cm³/mol. The summed E-state index contributed by atoms with van der Waals surface area (Å²) in [5.41, 5.74) is 11.0. The molecular weight excluding hydrogens is 456 g/mol. The number of methoxy groups -OCH3 is 2. The summed E-state index contributed by atoms with van der Waals surface area (Å²) in [6, 6.07) is 0.821. The second-order valence-corrected chi connectivity index (χ2v) is 9.34. The van der Waals surface area contributed by atoms with Crippen LogP contribution in [0.1, 0.15) is 64.2 Å². The van der Waals surface area contributed by atoms with Crippen molar-refractivity contribution in [3.63, 3.8) is 0 Å². The molecule has 0 aromatic rings. The van der Waals surface area contributed by atoms with E-state index < -0.39 is 0 Å². The number of ether oxygens (including phenoxy) is 2. The lowest BCUT2D eigenvalue weighted by Gasteiger charge is -2.15. The number of hydrogen-bond acceptors (Lipinski definition) is 6. The van der Waals surface area contributed by atoms with Gasteiger partial charge in [0.15, 0.2) is 0 Å². The average molecular weight is 519 g/mol. The minimum atomic E-state index is 0.405. The fraction of sp³-hybridized carbons (Fsp3) is 0.923. The van der Waals surface area contributed by atoms with Gasteiger partial charge in [-0.2, -0.15) is 0 Å². The SMILES string of the molecule is CNCCCCCCN(C)CCC[NH+]=C(N)OC.CNCCCN(C)CCCCCC[NH+]=C(N)OC. The van der Waals surface area contributed by atoms with E-state index in [0.29, 0.717) is 12.0 Å². The average Bonchev–Trinajstić information content (AvgIpc) is 2.88. The van der Waals surface area contributed by atoms with Crippen LogP contribution in [0.5, 0.6) is 0 Å². The molecule has 36 heavy (non-hydrogen) atoms. The van der Waals surface area contributed by atoms with E-state index in [9.17, 15) is 0 Å². The Kier molecular flexibility index (Phi) is 30.1. The Morgan fingerprint density at radius 3 is 1.47 bits per heavy atom. The third-order valence-electron chi connectivity index (χ3n) is 5.90. The lowest BCUT2D eigenvalue weighted by atomic mass is 10.2. The van der Waals surface area contributed by atoms with Crippen LogP contribution in [0.4, 0.5) is 0 Å². The first-order chi connectivity index (χ1) is 17.4. The van der Waals surface area contributed by atoms with E-state index in [0.717, 1.165) is 45.6 Å². The van der Waals surface area contributed by atoms with Crippen LogP contribution in [-0.4, -0.2) is 117 Å². The summed E-state index contributed by atoms with van der Waals surface area (Å²) in [5.74, 6) is 0. The first-order valence-corrected chi connectivity index (χ1v) is 13.9. The summed E-state index contributed by atoms with van der Waals surface area (Å²) in [6.45, 7) is 8.67. The maximum absolute atomic E-state index is 5.49. The summed E-state index contributed by atoms with van der Waals surface area (Å²) in [6.07, 6.45) is 12.5. The van der Waals surface area contributed by atoms with Crippen molar-refractivity contribution in [1.29, 1.82) is 0 Å². The molecule has 0 saturated carbocycles. The Bertz CT molecular complexity index is 506. The van der Waals surface area contributed by atoms with Crippen LogP contribution in [0.25, 0.3) is 0 Å². The molecule has 216 valence electrons. The Morgan fingerprint density at radius 2 is 0.972 bits per heavy atom. The predicted octanol–water partition coefficient (Wildman–Crippen LogP) is -1.74. The fourth-order valence-electron chi connectivity index (χ4n) is 3.56. The van der Waals surface area contributed by atoms with E-state index in [2.05, 4.69) is 44.5 Å². The van der Waals surface area contributed by atoms with Gasteiger partial charge in [0.25, 0.3) is 0 Å². The van der Waals surface area contributed by atoms with E-state index in [1.807, 2.05) is 14.1 Å². The Labute approximate surface area is 222 Å². The van der Waals surface area contributed by atoms with Gasteiger partial charge in [-0.1, -0.05) is 19.3 Å². The van der Waals surface area contributed by atoms with Crippen molar-refractivity contribution in [2.75, 3.05) is 94.8 Å². The molecule has 0 saturated heterocycles. The minimum Gasteiger partial charge on any atom is -0.435 e. The van der Waals surface area contributed by atoms with Gasteiger partial charge in [-0.15, -0.1) is 0 Å². The fourth-order valence-corrected chi connectivity index (χ4v) is 3.56. The van der Waals surface area contributed by atoms with Crippen molar-refractivity contribution in [3.05, 3.63) is 0 Å². The maximum Gasteiger partial charge on any atom is 0.439 e. The largest absolute Gasteiger partial charge is 0.439 e. The Balaban J connectivity index is 0. The van der Waals surface area contributed by atoms with Crippen LogP contribution >= 0.6 is 0 Å². The molecule has 0 aromatic heterocycles. The molecule has 0 bridgehead atoms. The maximum atomic E-state index is 5.49. The van der Waals surface area contributed by atoms with E-state index in [1.165, 1.54) is 71.0 Å². The molecule has 0 atom stereocenters. The second kappa shape index (κ2) is 29.6. The van der Waals surface area contributed by atoms with Gasteiger partial charge in [0, 0.05) is 6.54 Å². The van der Waals surface area contributed by atoms with Gasteiger partial charge in [-0.05, 0) is 106 Å². The summed E-state index contributed by atoms with van der Waals surface area (Å²) in [5, 5.41) is 6.35. The molecule has 0 spiro atoms. The van der Waals surface area contributed by atoms with Crippen LogP contribution < -0.4 is 32.1 Å². The molecule has 0 unspecified atom stereocenters. The minimum absolute atomic E-state index is 0.405. The van der Waals surface area contributed by atoms with Gasteiger partial charge in [-0.25, -0.2) is 9.98 Å². The summed E-state index contributed by atoms with van der Waals surface area (Å²) in [7, 11) is 11.5. The topological polar surface area (TPSA) is 129 Å². The number of nitrogens with one attached hydrogen (secondary N) is 4. The van der Waals surface area contributed by atoms with E-state index in [4.69, 9.17) is 20.9 Å². The summed E-state index contributed by atoms with van der Waals surface area (Å²) >= 11 is 0. The molecule has 10 nitrogen and oxygen atoms in total. The third kappa shape index (κ3) is 30.4. The quantitative estimate of drug-likeness (QED) is 0.0566. The van der Waals surface area contributed by atoms with E-state index >= 15 is 0 Å². The van der Waals surface area contributed by atoms with Crippen LogP contribution in [0.3, 0.4) is 0 Å². The Morgan fingerprint density at radius 1 is 0.583 bits per heavy atom. The third-order valence-corrected chi connectivity index (χ3v) is 5.90. The van der Waals surface area contributed by atoms with Crippen molar-refractivity contribution in [2.45, 2.75) is 64.2 Å². The number of nitrogens with two attached hydrogens (primary N) is 2. The highest BCUT2D eigenvalue weighted by atomic mass is 16.5. The molecular formula is C26H62N8O2+2. The van der Waals surface area contributed by atoms with Gasteiger partial charge < -0.3 is 29.9 Å². The molecule has 0 aliphatic heterocycles. The van der Waals surface area contributed by atoms with Gasteiger partial charge in [0.05, 0.1) is 27.3 Å². The number of rotatable bonds is 22. The first-order valence-electron chi connectivity index (χ1n) is 13.9. The zero-order valence-corrected chi connectivity index (χ0v) is 24.6. The van der Waals surface area contributed by atoms with Gasteiger partial charge >= 0.3 is 12.0 Å². The zero-order valence-electron chi connectivity index (χ0n) is 24.6. The highest BCUT2D eigenvalue weighted by Crippen LogP contribution is 2.01. The van der Waals surface area contributed by atoms with Crippen molar-refractivity contribution in [3.8, 4) is 0 Å². The molecule has 0 radical (unpaired) electrons. The van der Waals surface area contributed by atoms with Crippen LogP contribution in [0, 0.1) is 0 Å². The Hall–Kier alpha value is -1.62. The molecule has 0 fully saturated rings. The lowest BCUT2D eigenvalue weighted by molar-refractivity contribution is -0.469. The molecule has 0 aliphatic rings. The standard InChI is InChI=1S/2C13H30N4O/c1-15-9-8-12-17(2)11-7-5-4-6-10-16-13(14)18-3;1-15-9-6-4-5-7-11-17(2)12-8-10-16-13(14)18-3/h2*15H,4-12H2,1-3H3,(H2,14,16)/p+2. The van der Waals surface area contributed by atoms with Gasteiger partial charge in [0.1, 0.15) is 0 Å². The molecule has 0 aromatic carbocycles. The monoisotopic (exact) mass is 518 g/mol. The highest BCUT2D eigenvalue weighted by molar-refractivity contribution is 5.64. The molecule has 10 heteroatoms. The van der Waals surface area contributed by atoms with Crippen molar-refractivity contribution in [2.24, 2.45) is 11.5 Å². The molecule has 0 heterocycles. The van der Waals surface area contributed by atoms with Gasteiger partial charge in [0.2, 0.25) is 0 Å². The number of nitrogens with zero attached hydrogens (tertiary/aromatic N) is 2. The van der Waals surface area contributed by atoms with E-state index in [-0.39, 0.29) is 0 Å². The highest BCUT2D eigenvalue weighted by Gasteiger charge is 2.00. The number of hydrogen-bond donors (Lipinski definition) is 6. The molecule has 0 aliphatic carbocycles. The molecule has 0 rings (SSSR count). The first kappa shape index (κ1) is 36.5. The van der Waals surface area contributed by atoms with Crippen molar-refractivity contribution in [1.82, 2.24) is 20.4 Å². The van der Waals surface area contributed by atoms with Crippen LogP contribution in [0.2, 0.25) is 0 Å². The normalized spacial score (nSPS) is 12.1. The summed E-state index contributed by atoms with van der Waals surface area (Å²) in [4.78, 5) is 10.8. The summed E-state index contributed by atoms with van der Waals surface area (Å²) < 4.78 is 9.66. The van der Waals surface area contributed by atoms with Crippen LogP contribution in [-0.2, 0) is 9.47 Å². The molecule has 8 N–H and O–H groups in total. The van der Waals surface area contributed by atoms with Crippen molar-refractivity contribution < 1.29 is 19.5 Å².